The van der Waals surface area contributed by atoms with Crippen LogP contribution >= 0.6 is 11.8 Å². The molecule has 1 N–H and O–H groups in total. The molecule has 0 aliphatic carbocycles. The van der Waals surface area contributed by atoms with E-state index in [0.717, 1.165) is 26.4 Å². The van der Waals surface area contributed by atoms with Gasteiger partial charge in [-0.2, -0.15) is 5.26 Å². The standard InChI is InChI=1S/C26H24N4O2S/c1-26(2,3)32-25(31)29-19-11-12-21-22(14-19)30(16-20-9-6-7-13-28-20)17-24(21)33-23-10-5-4-8-18(23)15-27/h4-14,17H,16H2,1-3H3,(H,29,31). The van der Waals surface area contributed by atoms with Crippen molar-refractivity contribution in [2.75, 3.05) is 5.32 Å². The summed E-state index contributed by atoms with van der Waals surface area (Å²) in [6.07, 6.45) is 3.34. The summed E-state index contributed by atoms with van der Waals surface area (Å²) in [7, 11) is 0. The number of nitriles is 1. The van der Waals surface area contributed by atoms with E-state index in [-0.39, 0.29) is 0 Å². The second-order valence-corrected chi connectivity index (χ2v) is 9.59. The third-order valence-corrected chi connectivity index (χ3v) is 5.90. The number of hydrogen-bond donors (Lipinski definition) is 1. The van der Waals surface area contributed by atoms with Gasteiger partial charge in [-0.1, -0.05) is 30.0 Å². The Hall–Kier alpha value is -3.76. The summed E-state index contributed by atoms with van der Waals surface area (Å²) in [6, 6.07) is 21.4. The van der Waals surface area contributed by atoms with Crippen LogP contribution in [0, 0.1) is 11.3 Å². The van der Waals surface area contributed by atoms with E-state index < -0.39 is 11.7 Å². The maximum atomic E-state index is 12.3. The van der Waals surface area contributed by atoms with Crippen LogP contribution in [0.1, 0.15) is 32.0 Å². The molecular weight excluding hydrogens is 432 g/mol. The Morgan fingerprint density at radius 1 is 1.12 bits per heavy atom. The van der Waals surface area contributed by atoms with Gasteiger partial charge in [0.15, 0.2) is 0 Å². The van der Waals surface area contributed by atoms with E-state index in [1.807, 2.05) is 81.4 Å². The summed E-state index contributed by atoms with van der Waals surface area (Å²) in [5, 5.41) is 13.3. The molecule has 4 aromatic rings. The molecule has 4 rings (SSSR count). The first-order valence-electron chi connectivity index (χ1n) is 10.5. The highest BCUT2D eigenvalue weighted by atomic mass is 32.2. The van der Waals surface area contributed by atoms with Gasteiger partial charge in [0.1, 0.15) is 11.7 Å². The zero-order valence-electron chi connectivity index (χ0n) is 18.7. The summed E-state index contributed by atoms with van der Waals surface area (Å²) in [5.74, 6) is 0. The molecule has 0 spiro atoms. The molecule has 6 nitrogen and oxygen atoms in total. The van der Waals surface area contributed by atoms with Crippen molar-refractivity contribution < 1.29 is 9.53 Å². The molecule has 1 amide bonds. The number of nitrogens with one attached hydrogen (secondary N) is 1. The average molecular weight is 457 g/mol. The van der Waals surface area contributed by atoms with Crippen LogP contribution in [0.2, 0.25) is 0 Å². The fraction of sp³-hybridized carbons (Fsp3) is 0.192. The first-order chi connectivity index (χ1) is 15.8. The Kier molecular flexibility index (Phi) is 6.38. The third kappa shape index (κ3) is 5.54. The van der Waals surface area contributed by atoms with E-state index in [2.05, 4.69) is 27.1 Å². The fourth-order valence-corrected chi connectivity index (χ4v) is 4.47. The van der Waals surface area contributed by atoms with Gasteiger partial charge in [0.2, 0.25) is 0 Å². The monoisotopic (exact) mass is 456 g/mol. The molecular formula is C26H24N4O2S. The number of carbonyl (C=O) groups excluding carboxylic acids is 1. The van der Waals surface area contributed by atoms with Crippen LogP contribution in [0.4, 0.5) is 10.5 Å². The zero-order valence-corrected chi connectivity index (χ0v) is 19.5. The number of pyridine rings is 1. The fourth-order valence-electron chi connectivity index (χ4n) is 3.40. The van der Waals surface area contributed by atoms with E-state index >= 15 is 0 Å². The van der Waals surface area contributed by atoms with E-state index in [9.17, 15) is 10.1 Å². The summed E-state index contributed by atoms with van der Waals surface area (Å²) in [6.45, 7) is 6.07. The molecule has 0 saturated carbocycles. The third-order valence-electron chi connectivity index (χ3n) is 4.78. The molecule has 0 aliphatic rings. The normalized spacial score (nSPS) is 11.2. The SMILES string of the molecule is CC(C)(C)OC(=O)Nc1ccc2c(Sc3ccccc3C#N)cn(Cc3ccccn3)c2c1. The number of carbonyl (C=O) groups is 1. The van der Waals surface area contributed by atoms with Crippen molar-refractivity contribution >= 4 is 34.4 Å². The molecule has 0 aliphatic heterocycles. The summed E-state index contributed by atoms with van der Waals surface area (Å²) >= 11 is 1.55. The molecule has 0 unspecified atom stereocenters. The van der Waals surface area contributed by atoms with Crippen LogP contribution in [0.3, 0.4) is 0 Å². The lowest BCUT2D eigenvalue weighted by Gasteiger charge is -2.19. The Bertz CT molecular complexity index is 1330. The van der Waals surface area contributed by atoms with Gasteiger partial charge >= 0.3 is 6.09 Å². The quantitative estimate of drug-likeness (QED) is 0.373. The number of rotatable bonds is 5. The summed E-state index contributed by atoms with van der Waals surface area (Å²) in [4.78, 5) is 18.6. The lowest BCUT2D eigenvalue weighted by molar-refractivity contribution is 0.0636. The topological polar surface area (TPSA) is 79.9 Å². The van der Waals surface area contributed by atoms with Gasteiger partial charge in [0.25, 0.3) is 0 Å². The van der Waals surface area contributed by atoms with E-state index in [1.165, 1.54) is 0 Å². The second-order valence-electron chi connectivity index (χ2n) is 8.51. The van der Waals surface area contributed by atoms with E-state index in [0.29, 0.717) is 17.8 Å². The molecule has 2 aromatic heterocycles. The summed E-state index contributed by atoms with van der Waals surface area (Å²) in [5.41, 5.74) is 2.58. The lowest BCUT2D eigenvalue weighted by Crippen LogP contribution is -2.27. The van der Waals surface area contributed by atoms with Crippen molar-refractivity contribution in [1.29, 1.82) is 5.26 Å². The van der Waals surface area contributed by atoms with Crippen molar-refractivity contribution in [1.82, 2.24) is 9.55 Å². The molecule has 2 aromatic carbocycles. The van der Waals surface area contributed by atoms with Gasteiger partial charge in [0, 0.05) is 33.3 Å². The lowest BCUT2D eigenvalue weighted by atomic mass is 10.2. The molecule has 166 valence electrons. The Balaban J connectivity index is 1.72. The molecule has 0 radical (unpaired) electrons. The van der Waals surface area contributed by atoms with Crippen molar-refractivity contribution in [2.45, 2.75) is 42.7 Å². The smallest absolute Gasteiger partial charge is 0.412 e. The second kappa shape index (κ2) is 9.39. The molecule has 0 saturated heterocycles. The number of benzene rings is 2. The Morgan fingerprint density at radius 2 is 1.91 bits per heavy atom. The Labute approximate surface area is 197 Å². The Morgan fingerprint density at radius 3 is 2.64 bits per heavy atom. The first-order valence-corrected chi connectivity index (χ1v) is 11.3. The minimum absolute atomic E-state index is 0.498. The van der Waals surface area contributed by atoms with Crippen molar-refractivity contribution in [3.8, 4) is 6.07 Å². The van der Waals surface area contributed by atoms with Crippen LogP contribution in [0.15, 0.2) is 82.8 Å². The average Bonchev–Trinajstić information content (AvgIpc) is 3.10. The summed E-state index contributed by atoms with van der Waals surface area (Å²) < 4.78 is 7.49. The number of aromatic nitrogens is 2. The molecule has 0 atom stereocenters. The van der Waals surface area contributed by atoms with Gasteiger partial charge in [-0.05, 0) is 63.2 Å². The number of amides is 1. The largest absolute Gasteiger partial charge is 0.444 e. The first kappa shape index (κ1) is 22.4. The maximum Gasteiger partial charge on any atom is 0.412 e. The molecule has 0 bridgehead atoms. The van der Waals surface area contributed by atoms with Crippen LogP contribution in [-0.2, 0) is 11.3 Å². The molecule has 2 heterocycles. The van der Waals surface area contributed by atoms with E-state index in [4.69, 9.17) is 4.74 Å². The van der Waals surface area contributed by atoms with Crippen molar-refractivity contribution in [3.63, 3.8) is 0 Å². The predicted molar refractivity (Wildman–Crippen MR) is 130 cm³/mol. The molecule has 0 fully saturated rings. The van der Waals surface area contributed by atoms with E-state index in [1.54, 1.807) is 18.0 Å². The minimum Gasteiger partial charge on any atom is -0.444 e. The number of fused-ring (bicyclic) bond motifs is 1. The van der Waals surface area contributed by atoms with Crippen LogP contribution in [0.25, 0.3) is 10.9 Å². The highest BCUT2D eigenvalue weighted by Gasteiger charge is 2.18. The van der Waals surface area contributed by atoms with Gasteiger partial charge in [-0.3, -0.25) is 10.3 Å². The number of nitrogens with zero attached hydrogens (tertiary/aromatic N) is 3. The zero-order chi connectivity index (χ0) is 23.4. The van der Waals surface area contributed by atoms with Crippen molar-refractivity contribution in [2.24, 2.45) is 0 Å². The van der Waals surface area contributed by atoms with Gasteiger partial charge in [-0.15, -0.1) is 0 Å². The predicted octanol–water partition coefficient (Wildman–Crippen LogP) is 6.45. The maximum absolute atomic E-state index is 12.3. The number of ether oxygens (including phenoxy) is 1. The minimum atomic E-state index is -0.578. The molecule has 33 heavy (non-hydrogen) atoms. The van der Waals surface area contributed by atoms with Crippen LogP contribution in [-0.4, -0.2) is 21.2 Å². The number of anilines is 1. The highest BCUT2D eigenvalue weighted by molar-refractivity contribution is 7.99. The van der Waals surface area contributed by atoms with Crippen LogP contribution in [0.5, 0.6) is 0 Å². The van der Waals surface area contributed by atoms with Crippen LogP contribution < -0.4 is 5.32 Å². The van der Waals surface area contributed by atoms with Crippen molar-refractivity contribution in [3.05, 3.63) is 84.3 Å². The highest BCUT2D eigenvalue weighted by Crippen LogP contribution is 2.37. The number of hydrogen-bond acceptors (Lipinski definition) is 5. The molecule has 7 heteroatoms. The van der Waals surface area contributed by atoms with Gasteiger partial charge in [-0.25, -0.2) is 4.79 Å². The van der Waals surface area contributed by atoms with Gasteiger partial charge in [0.05, 0.1) is 23.3 Å². The van der Waals surface area contributed by atoms with Gasteiger partial charge < -0.3 is 9.30 Å².